The van der Waals surface area contributed by atoms with Gasteiger partial charge in [0, 0.05) is 18.8 Å². The van der Waals surface area contributed by atoms with E-state index < -0.39 is 6.10 Å². The number of aliphatic hydroxyl groups excluding tert-OH is 1. The van der Waals surface area contributed by atoms with Crippen LogP contribution in [0.1, 0.15) is 57.1 Å². The number of carbonyl (C=O) groups is 1. The van der Waals surface area contributed by atoms with Gasteiger partial charge in [-0.05, 0) is 31.9 Å². The van der Waals surface area contributed by atoms with Crippen LogP contribution in [0.2, 0.25) is 0 Å². The molecule has 1 aromatic rings. The topological polar surface area (TPSA) is 54.3 Å². The Balaban J connectivity index is 2.58. The lowest BCUT2D eigenvalue weighted by molar-refractivity contribution is 0.0809. The van der Waals surface area contributed by atoms with Crippen LogP contribution >= 0.6 is 0 Å². The van der Waals surface area contributed by atoms with Crippen molar-refractivity contribution >= 4 is 5.91 Å². The Bertz CT molecular complexity index is 395. The molecular formula is C15H26N2O2. The molecule has 0 aromatic carbocycles. The van der Waals surface area contributed by atoms with E-state index in [9.17, 15) is 9.90 Å². The Kier molecular flexibility index (Phi) is 6.09. The largest absolute Gasteiger partial charge is 0.391 e. The summed E-state index contributed by atoms with van der Waals surface area (Å²) in [6, 6.07) is 3.92. The molecule has 1 heterocycles. The Labute approximate surface area is 115 Å². The summed E-state index contributed by atoms with van der Waals surface area (Å²) in [6.45, 7) is 8.51. The molecule has 2 N–H and O–H groups in total. The summed E-state index contributed by atoms with van der Waals surface area (Å²) in [5.41, 5.74) is 0.645. The molecule has 1 rings (SSSR count). The minimum Gasteiger partial charge on any atom is -0.391 e. The molecule has 0 saturated carbocycles. The monoisotopic (exact) mass is 266 g/mol. The minimum atomic E-state index is -0.471. The molecule has 0 bridgehead atoms. The van der Waals surface area contributed by atoms with Gasteiger partial charge in [-0.1, -0.05) is 26.7 Å². The summed E-state index contributed by atoms with van der Waals surface area (Å²) < 4.78 is 1.93. The van der Waals surface area contributed by atoms with E-state index in [1.54, 1.807) is 6.07 Å². The molecule has 1 amide bonds. The number of nitrogens with zero attached hydrogens (tertiary/aromatic N) is 1. The van der Waals surface area contributed by atoms with Crippen molar-refractivity contribution in [1.29, 1.82) is 0 Å². The highest BCUT2D eigenvalue weighted by Gasteiger charge is 2.18. The number of nitrogens with one attached hydrogen (secondary N) is 1. The summed E-state index contributed by atoms with van der Waals surface area (Å²) in [7, 11) is 0. The van der Waals surface area contributed by atoms with Crippen molar-refractivity contribution in [3.63, 3.8) is 0 Å². The van der Waals surface area contributed by atoms with Gasteiger partial charge >= 0.3 is 0 Å². The van der Waals surface area contributed by atoms with Crippen LogP contribution in [0.3, 0.4) is 0 Å². The van der Waals surface area contributed by atoms with Gasteiger partial charge < -0.3 is 15.0 Å². The van der Waals surface area contributed by atoms with Crippen LogP contribution in [-0.2, 0) is 0 Å². The molecule has 1 aromatic heterocycles. The second-order valence-electron chi connectivity index (χ2n) is 5.25. The number of hydrogen-bond acceptors (Lipinski definition) is 2. The van der Waals surface area contributed by atoms with Crippen LogP contribution in [0.25, 0.3) is 0 Å². The van der Waals surface area contributed by atoms with Crippen LogP contribution in [-0.4, -0.2) is 28.2 Å². The van der Waals surface area contributed by atoms with Gasteiger partial charge in [0.2, 0.25) is 0 Å². The number of aliphatic hydroxyl groups is 1. The summed E-state index contributed by atoms with van der Waals surface area (Å²) in [5.74, 6) is 0.126. The number of amides is 1. The molecule has 0 aliphatic heterocycles. The van der Waals surface area contributed by atoms with E-state index in [1.807, 2.05) is 30.7 Å². The molecule has 0 aliphatic rings. The van der Waals surface area contributed by atoms with Crippen molar-refractivity contribution in [2.24, 2.45) is 5.92 Å². The summed E-state index contributed by atoms with van der Waals surface area (Å²) in [5, 5.41) is 12.8. The average Bonchev–Trinajstić information content (AvgIpc) is 2.86. The molecular weight excluding hydrogens is 240 g/mol. The quantitative estimate of drug-likeness (QED) is 0.797. The maximum Gasteiger partial charge on any atom is 0.268 e. The van der Waals surface area contributed by atoms with Gasteiger partial charge in [-0.15, -0.1) is 0 Å². The van der Waals surface area contributed by atoms with E-state index in [-0.39, 0.29) is 17.9 Å². The molecule has 0 saturated heterocycles. The Morgan fingerprint density at radius 3 is 2.53 bits per heavy atom. The van der Waals surface area contributed by atoms with Crippen LogP contribution in [0.15, 0.2) is 18.3 Å². The molecule has 4 nitrogen and oxygen atoms in total. The zero-order chi connectivity index (χ0) is 14.4. The number of rotatable bonds is 7. The van der Waals surface area contributed by atoms with Gasteiger partial charge in [-0.2, -0.15) is 0 Å². The SMILES string of the molecule is CCC(CC)C(O)CNC(=O)c1cccn1C(C)C. The fourth-order valence-electron chi connectivity index (χ4n) is 2.32. The first-order chi connectivity index (χ1) is 9.01. The van der Waals surface area contributed by atoms with E-state index in [1.165, 1.54) is 0 Å². The van der Waals surface area contributed by atoms with Crippen molar-refractivity contribution in [2.45, 2.75) is 52.7 Å². The highest BCUT2D eigenvalue weighted by atomic mass is 16.3. The van der Waals surface area contributed by atoms with Crippen molar-refractivity contribution in [1.82, 2.24) is 9.88 Å². The van der Waals surface area contributed by atoms with E-state index in [0.717, 1.165) is 12.8 Å². The van der Waals surface area contributed by atoms with E-state index in [0.29, 0.717) is 12.2 Å². The molecule has 108 valence electrons. The molecule has 0 spiro atoms. The normalized spacial score (nSPS) is 13.0. The summed E-state index contributed by atoms with van der Waals surface area (Å²) in [6.07, 6.45) is 3.28. The Morgan fingerprint density at radius 1 is 1.37 bits per heavy atom. The fraction of sp³-hybridized carbons (Fsp3) is 0.667. The van der Waals surface area contributed by atoms with Gasteiger partial charge in [0.1, 0.15) is 5.69 Å². The first-order valence-electron chi connectivity index (χ1n) is 7.14. The molecule has 0 aliphatic carbocycles. The molecule has 0 fully saturated rings. The predicted octanol–water partition coefficient (Wildman–Crippen LogP) is 2.60. The lowest BCUT2D eigenvalue weighted by Crippen LogP contribution is -2.36. The molecule has 19 heavy (non-hydrogen) atoms. The van der Waals surface area contributed by atoms with Gasteiger partial charge in [0.15, 0.2) is 0 Å². The minimum absolute atomic E-state index is 0.122. The van der Waals surface area contributed by atoms with Gasteiger partial charge in [0.05, 0.1) is 6.10 Å². The van der Waals surface area contributed by atoms with Crippen LogP contribution in [0, 0.1) is 5.92 Å². The smallest absolute Gasteiger partial charge is 0.268 e. The second kappa shape index (κ2) is 7.34. The first kappa shape index (κ1) is 15.8. The Hall–Kier alpha value is -1.29. The van der Waals surface area contributed by atoms with Crippen molar-refractivity contribution in [3.8, 4) is 0 Å². The lowest BCUT2D eigenvalue weighted by atomic mass is 9.96. The lowest BCUT2D eigenvalue weighted by Gasteiger charge is -2.20. The fourth-order valence-corrected chi connectivity index (χ4v) is 2.32. The molecule has 0 radical (unpaired) electrons. The van der Waals surface area contributed by atoms with Crippen LogP contribution in [0.5, 0.6) is 0 Å². The third kappa shape index (κ3) is 4.10. The number of hydrogen-bond donors (Lipinski definition) is 2. The van der Waals surface area contributed by atoms with E-state index >= 15 is 0 Å². The van der Waals surface area contributed by atoms with E-state index in [4.69, 9.17) is 0 Å². The average molecular weight is 266 g/mol. The van der Waals surface area contributed by atoms with Crippen LogP contribution in [0.4, 0.5) is 0 Å². The highest BCUT2D eigenvalue weighted by molar-refractivity contribution is 5.92. The standard InChI is InChI=1S/C15H26N2O2/c1-5-12(6-2)14(18)10-16-15(19)13-8-7-9-17(13)11(3)4/h7-9,11-12,14,18H,5-6,10H2,1-4H3,(H,16,19). The van der Waals surface area contributed by atoms with Crippen LogP contribution < -0.4 is 5.32 Å². The van der Waals surface area contributed by atoms with E-state index in [2.05, 4.69) is 19.2 Å². The Morgan fingerprint density at radius 2 is 2.00 bits per heavy atom. The molecule has 1 unspecified atom stereocenters. The third-order valence-corrected chi connectivity index (χ3v) is 3.63. The van der Waals surface area contributed by atoms with Crippen molar-refractivity contribution in [3.05, 3.63) is 24.0 Å². The van der Waals surface area contributed by atoms with Gasteiger partial charge in [-0.3, -0.25) is 4.79 Å². The second-order valence-corrected chi connectivity index (χ2v) is 5.25. The maximum absolute atomic E-state index is 12.1. The van der Waals surface area contributed by atoms with Crippen molar-refractivity contribution < 1.29 is 9.90 Å². The number of carbonyl (C=O) groups excluding carboxylic acids is 1. The maximum atomic E-state index is 12.1. The number of aromatic nitrogens is 1. The molecule has 4 heteroatoms. The first-order valence-corrected chi connectivity index (χ1v) is 7.14. The zero-order valence-electron chi connectivity index (χ0n) is 12.4. The predicted molar refractivity (Wildman–Crippen MR) is 77.2 cm³/mol. The summed E-state index contributed by atoms with van der Waals surface area (Å²) >= 11 is 0. The van der Waals surface area contributed by atoms with Gasteiger partial charge in [-0.25, -0.2) is 0 Å². The zero-order valence-corrected chi connectivity index (χ0v) is 12.4. The van der Waals surface area contributed by atoms with Crippen molar-refractivity contribution in [2.75, 3.05) is 6.54 Å². The molecule has 1 atom stereocenters. The summed E-state index contributed by atoms with van der Waals surface area (Å²) in [4.78, 5) is 12.1. The van der Waals surface area contributed by atoms with Gasteiger partial charge in [0.25, 0.3) is 5.91 Å². The highest BCUT2D eigenvalue weighted by Crippen LogP contribution is 2.13. The third-order valence-electron chi connectivity index (χ3n) is 3.63.